The minimum atomic E-state index is -0.0643. The highest BCUT2D eigenvalue weighted by Gasteiger charge is 2.24. The first-order valence-electron chi connectivity index (χ1n) is 9.40. The van der Waals surface area contributed by atoms with E-state index >= 15 is 0 Å². The molecule has 3 rings (SSSR count). The van der Waals surface area contributed by atoms with E-state index < -0.39 is 0 Å². The molecule has 0 radical (unpaired) electrons. The van der Waals surface area contributed by atoms with E-state index in [0.29, 0.717) is 48.8 Å². The van der Waals surface area contributed by atoms with Gasteiger partial charge in [0, 0.05) is 37.3 Å². The van der Waals surface area contributed by atoms with Gasteiger partial charge in [-0.2, -0.15) is 0 Å². The van der Waals surface area contributed by atoms with Crippen molar-refractivity contribution < 1.29 is 19.1 Å². The zero-order valence-corrected chi connectivity index (χ0v) is 16.6. The van der Waals surface area contributed by atoms with Gasteiger partial charge < -0.3 is 19.3 Å². The van der Waals surface area contributed by atoms with Crippen molar-refractivity contribution >= 4 is 11.8 Å². The lowest BCUT2D eigenvalue weighted by Crippen LogP contribution is -2.37. The maximum atomic E-state index is 12.9. The maximum absolute atomic E-state index is 12.9. The van der Waals surface area contributed by atoms with Crippen LogP contribution in [0.1, 0.15) is 32.7 Å². The summed E-state index contributed by atoms with van der Waals surface area (Å²) >= 11 is 0. The summed E-state index contributed by atoms with van der Waals surface area (Å²) < 4.78 is 10.5. The molecule has 1 fully saturated rings. The lowest BCUT2D eigenvalue weighted by molar-refractivity contribution is 0.0718. The summed E-state index contributed by atoms with van der Waals surface area (Å²) in [5.74, 6) is 1.06. The van der Waals surface area contributed by atoms with Gasteiger partial charge in [-0.25, -0.2) is 0 Å². The molecule has 0 bridgehead atoms. The van der Waals surface area contributed by atoms with E-state index in [1.807, 2.05) is 36.1 Å². The molecule has 2 amide bonds. The molecule has 0 saturated carbocycles. The van der Waals surface area contributed by atoms with Crippen LogP contribution in [-0.2, 0) is 0 Å². The second-order valence-corrected chi connectivity index (χ2v) is 6.87. The summed E-state index contributed by atoms with van der Waals surface area (Å²) in [6.07, 6.45) is 0.747. The number of amides is 2. The third-order valence-corrected chi connectivity index (χ3v) is 5.00. The molecule has 2 aromatic carbocycles. The number of benzene rings is 2. The van der Waals surface area contributed by atoms with Crippen molar-refractivity contribution in [2.75, 3.05) is 40.4 Å². The van der Waals surface area contributed by atoms with Crippen molar-refractivity contribution in [2.24, 2.45) is 0 Å². The summed E-state index contributed by atoms with van der Waals surface area (Å²) in [5.41, 5.74) is 2.36. The molecule has 0 aliphatic carbocycles. The Hall–Kier alpha value is -3.02. The monoisotopic (exact) mass is 382 g/mol. The predicted molar refractivity (Wildman–Crippen MR) is 107 cm³/mol. The zero-order valence-electron chi connectivity index (χ0n) is 16.6. The van der Waals surface area contributed by atoms with E-state index in [2.05, 4.69) is 0 Å². The number of carbonyl (C=O) groups excluding carboxylic acids is 2. The lowest BCUT2D eigenvalue weighted by atomic mass is 10.1. The molecule has 1 aliphatic rings. The molecule has 0 spiro atoms. The topological polar surface area (TPSA) is 59.1 Å². The molecule has 2 aromatic rings. The highest BCUT2D eigenvalue weighted by atomic mass is 16.5. The molecular weight excluding hydrogens is 356 g/mol. The van der Waals surface area contributed by atoms with Crippen LogP contribution < -0.4 is 9.47 Å². The molecular formula is C22H26N2O4. The molecule has 0 aromatic heterocycles. The quantitative estimate of drug-likeness (QED) is 0.816. The average molecular weight is 382 g/mol. The van der Waals surface area contributed by atoms with Crippen molar-refractivity contribution in [3.8, 4) is 11.5 Å². The predicted octanol–water partition coefficient (Wildman–Crippen LogP) is 3.00. The van der Waals surface area contributed by atoms with Crippen LogP contribution in [0.3, 0.4) is 0 Å². The van der Waals surface area contributed by atoms with Crippen LogP contribution in [-0.4, -0.2) is 62.0 Å². The van der Waals surface area contributed by atoms with Crippen molar-refractivity contribution in [3.05, 3.63) is 59.2 Å². The number of hydrogen-bond acceptors (Lipinski definition) is 4. The van der Waals surface area contributed by atoms with Gasteiger partial charge >= 0.3 is 0 Å². The van der Waals surface area contributed by atoms with Crippen LogP contribution in [0.25, 0.3) is 0 Å². The van der Waals surface area contributed by atoms with E-state index in [1.54, 1.807) is 37.3 Å². The Morgan fingerprint density at radius 1 is 0.750 bits per heavy atom. The van der Waals surface area contributed by atoms with E-state index in [0.717, 1.165) is 12.0 Å². The number of aryl methyl sites for hydroxylation is 1. The highest BCUT2D eigenvalue weighted by Crippen LogP contribution is 2.28. The molecule has 28 heavy (non-hydrogen) atoms. The molecule has 1 saturated heterocycles. The molecule has 6 heteroatoms. The Labute approximate surface area is 165 Å². The van der Waals surface area contributed by atoms with Crippen molar-refractivity contribution in [3.63, 3.8) is 0 Å². The van der Waals surface area contributed by atoms with Gasteiger partial charge in [-0.1, -0.05) is 17.7 Å². The Morgan fingerprint density at radius 2 is 1.29 bits per heavy atom. The van der Waals surface area contributed by atoms with Crippen molar-refractivity contribution in [1.29, 1.82) is 0 Å². The zero-order chi connectivity index (χ0) is 20.1. The van der Waals surface area contributed by atoms with Crippen LogP contribution in [0.4, 0.5) is 0 Å². The van der Waals surface area contributed by atoms with Gasteiger partial charge in [-0.3, -0.25) is 9.59 Å². The fourth-order valence-electron chi connectivity index (χ4n) is 3.35. The smallest absolute Gasteiger partial charge is 0.254 e. The third-order valence-electron chi connectivity index (χ3n) is 5.00. The van der Waals surface area contributed by atoms with Gasteiger partial charge in [0.2, 0.25) is 0 Å². The largest absolute Gasteiger partial charge is 0.493 e. The number of ether oxygens (including phenoxy) is 2. The highest BCUT2D eigenvalue weighted by molar-refractivity contribution is 5.96. The van der Waals surface area contributed by atoms with Crippen LogP contribution in [0.15, 0.2) is 42.5 Å². The van der Waals surface area contributed by atoms with Crippen LogP contribution in [0, 0.1) is 6.92 Å². The second kappa shape index (κ2) is 8.78. The Balaban J connectivity index is 1.68. The molecule has 0 atom stereocenters. The Morgan fingerprint density at radius 3 is 1.86 bits per heavy atom. The van der Waals surface area contributed by atoms with Gasteiger partial charge in [0.25, 0.3) is 11.8 Å². The fraction of sp³-hybridized carbons (Fsp3) is 0.364. The molecule has 6 nitrogen and oxygen atoms in total. The van der Waals surface area contributed by atoms with Crippen LogP contribution >= 0.6 is 0 Å². The molecule has 1 aliphatic heterocycles. The summed E-state index contributed by atoms with van der Waals surface area (Å²) in [5, 5.41) is 0. The van der Waals surface area contributed by atoms with Crippen molar-refractivity contribution in [2.45, 2.75) is 13.3 Å². The lowest BCUT2D eigenvalue weighted by Gasteiger charge is -2.22. The number of methoxy groups -OCH3 is 2. The minimum Gasteiger partial charge on any atom is -0.493 e. The van der Waals surface area contributed by atoms with Gasteiger partial charge in [-0.15, -0.1) is 0 Å². The summed E-state index contributed by atoms with van der Waals surface area (Å²) in [6, 6.07) is 12.8. The van der Waals surface area contributed by atoms with E-state index in [-0.39, 0.29) is 11.8 Å². The fourth-order valence-corrected chi connectivity index (χ4v) is 3.35. The standard InChI is InChI=1S/C22H26N2O4/c1-16-5-7-17(8-6-16)21(25)23-11-4-12-24(14-13-23)22(26)18-9-10-19(27-2)20(15-18)28-3/h5-10,15H,4,11-14H2,1-3H3. The van der Waals surface area contributed by atoms with Gasteiger partial charge in [0.05, 0.1) is 14.2 Å². The molecule has 1 heterocycles. The minimum absolute atomic E-state index is 0.0143. The molecule has 0 unspecified atom stereocenters. The maximum Gasteiger partial charge on any atom is 0.254 e. The van der Waals surface area contributed by atoms with Gasteiger partial charge in [0.15, 0.2) is 11.5 Å². The average Bonchev–Trinajstić information content (AvgIpc) is 2.99. The van der Waals surface area contributed by atoms with Crippen molar-refractivity contribution in [1.82, 2.24) is 9.80 Å². The summed E-state index contributed by atoms with van der Waals surface area (Å²) in [7, 11) is 3.11. The number of nitrogens with zero attached hydrogens (tertiary/aromatic N) is 2. The summed E-state index contributed by atoms with van der Waals surface area (Å²) in [6.45, 7) is 4.28. The first-order chi connectivity index (χ1) is 13.5. The normalized spacial score (nSPS) is 14.4. The summed E-state index contributed by atoms with van der Waals surface area (Å²) in [4.78, 5) is 29.3. The van der Waals surface area contributed by atoms with Crippen LogP contribution in [0.5, 0.6) is 11.5 Å². The van der Waals surface area contributed by atoms with E-state index in [9.17, 15) is 9.59 Å². The number of rotatable bonds is 4. The second-order valence-electron chi connectivity index (χ2n) is 6.87. The molecule has 0 N–H and O–H groups in total. The third kappa shape index (κ3) is 4.27. The van der Waals surface area contributed by atoms with Gasteiger partial charge in [0.1, 0.15) is 0 Å². The van der Waals surface area contributed by atoms with E-state index in [4.69, 9.17) is 9.47 Å². The molecule has 148 valence electrons. The van der Waals surface area contributed by atoms with Crippen LogP contribution in [0.2, 0.25) is 0 Å². The van der Waals surface area contributed by atoms with Gasteiger partial charge in [-0.05, 0) is 43.7 Å². The Kier molecular flexibility index (Phi) is 6.19. The first kappa shape index (κ1) is 19.7. The number of hydrogen-bond donors (Lipinski definition) is 0. The van der Waals surface area contributed by atoms with E-state index in [1.165, 1.54) is 0 Å². The Bertz CT molecular complexity index is 848. The SMILES string of the molecule is COc1ccc(C(=O)N2CCCN(C(=O)c3ccc(C)cc3)CC2)cc1OC. The number of carbonyl (C=O) groups is 2. The first-order valence-corrected chi connectivity index (χ1v) is 9.40.